The summed E-state index contributed by atoms with van der Waals surface area (Å²) in [6.07, 6.45) is 0.735. The SMILES string of the molecule is CCCOS(=O)(=O)CC. The van der Waals surface area contributed by atoms with E-state index in [9.17, 15) is 8.42 Å². The summed E-state index contributed by atoms with van der Waals surface area (Å²) in [5, 5.41) is 0. The van der Waals surface area contributed by atoms with Crippen molar-refractivity contribution in [3.63, 3.8) is 0 Å². The Kier molecular flexibility index (Phi) is 3.81. The van der Waals surface area contributed by atoms with Crippen LogP contribution in [0, 0.1) is 0 Å². The molecule has 0 aromatic rings. The molecule has 0 saturated carbocycles. The maximum atomic E-state index is 10.5. The average molecular weight is 152 g/mol. The lowest BCUT2D eigenvalue weighted by atomic mass is 10.5. The summed E-state index contributed by atoms with van der Waals surface area (Å²) in [4.78, 5) is 0. The predicted octanol–water partition coefficient (Wildman–Crippen LogP) is 0.763. The molecule has 0 heterocycles. The molecule has 3 nitrogen and oxygen atoms in total. The highest BCUT2D eigenvalue weighted by atomic mass is 32.2. The lowest BCUT2D eigenvalue weighted by Gasteiger charge is -1.98. The zero-order chi connectivity index (χ0) is 7.33. The van der Waals surface area contributed by atoms with Crippen LogP contribution in [-0.2, 0) is 14.3 Å². The van der Waals surface area contributed by atoms with E-state index in [2.05, 4.69) is 4.18 Å². The average Bonchev–Trinajstić information content (AvgIpc) is 1.84. The zero-order valence-electron chi connectivity index (χ0n) is 5.75. The molecule has 9 heavy (non-hydrogen) atoms. The molecule has 0 radical (unpaired) electrons. The third-order valence-electron chi connectivity index (χ3n) is 0.821. The molecule has 0 aliphatic rings. The van der Waals surface area contributed by atoms with Gasteiger partial charge in [0.2, 0.25) is 0 Å². The fourth-order valence-corrected chi connectivity index (χ4v) is 0.881. The molecule has 0 spiro atoms. The number of hydrogen-bond donors (Lipinski definition) is 0. The third-order valence-corrected chi connectivity index (χ3v) is 2.05. The van der Waals surface area contributed by atoms with Gasteiger partial charge < -0.3 is 0 Å². The van der Waals surface area contributed by atoms with Gasteiger partial charge in [0, 0.05) is 0 Å². The number of hydrogen-bond acceptors (Lipinski definition) is 3. The van der Waals surface area contributed by atoms with Crippen LogP contribution in [-0.4, -0.2) is 20.8 Å². The van der Waals surface area contributed by atoms with Crippen LogP contribution < -0.4 is 0 Å². The summed E-state index contributed by atoms with van der Waals surface area (Å²) in [5.41, 5.74) is 0. The highest BCUT2D eigenvalue weighted by Crippen LogP contribution is 1.92. The van der Waals surface area contributed by atoms with E-state index in [-0.39, 0.29) is 5.75 Å². The van der Waals surface area contributed by atoms with Gasteiger partial charge in [-0.25, -0.2) is 0 Å². The summed E-state index contributed by atoms with van der Waals surface area (Å²) in [7, 11) is -3.18. The highest BCUT2D eigenvalue weighted by molar-refractivity contribution is 7.86. The van der Waals surface area contributed by atoms with Crippen molar-refractivity contribution in [3.05, 3.63) is 0 Å². The molecule has 0 rings (SSSR count). The predicted molar refractivity (Wildman–Crippen MR) is 35.7 cm³/mol. The molecule has 0 saturated heterocycles. The Morgan fingerprint density at radius 2 is 1.89 bits per heavy atom. The van der Waals surface area contributed by atoms with Crippen molar-refractivity contribution in [3.8, 4) is 0 Å². The van der Waals surface area contributed by atoms with Crippen molar-refractivity contribution in [1.82, 2.24) is 0 Å². The quantitative estimate of drug-likeness (QED) is 0.559. The van der Waals surface area contributed by atoms with E-state index >= 15 is 0 Å². The first-order chi connectivity index (χ1) is 4.12. The smallest absolute Gasteiger partial charge is 0.267 e. The van der Waals surface area contributed by atoms with Gasteiger partial charge in [0.05, 0.1) is 12.4 Å². The molecule has 0 atom stereocenters. The van der Waals surface area contributed by atoms with Gasteiger partial charge in [-0.05, 0) is 13.3 Å². The standard InChI is InChI=1S/C5H12O3S/c1-3-5-8-9(6,7)4-2/h3-5H2,1-2H3. The van der Waals surface area contributed by atoms with Crippen molar-refractivity contribution in [2.45, 2.75) is 20.3 Å². The van der Waals surface area contributed by atoms with Crippen LogP contribution in [0.1, 0.15) is 20.3 Å². The molecule has 56 valence electrons. The largest absolute Gasteiger partial charge is 0.270 e. The van der Waals surface area contributed by atoms with E-state index in [0.717, 1.165) is 6.42 Å². The second kappa shape index (κ2) is 3.85. The minimum absolute atomic E-state index is 0.0625. The second-order valence-corrected chi connectivity index (χ2v) is 3.60. The van der Waals surface area contributed by atoms with Crippen molar-refractivity contribution in [2.75, 3.05) is 12.4 Å². The van der Waals surface area contributed by atoms with Gasteiger partial charge in [-0.2, -0.15) is 8.42 Å². The van der Waals surface area contributed by atoms with E-state index in [4.69, 9.17) is 0 Å². The van der Waals surface area contributed by atoms with Gasteiger partial charge in [-0.1, -0.05) is 6.92 Å². The minimum atomic E-state index is -3.18. The molecule has 4 heteroatoms. The zero-order valence-corrected chi connectivity index (χ0v) is 6.57. The van der Waals surface area contributed by atoms with Crippen LogP contribution in [0.4, 0.5) is 0 Å². The van der Waals surface area contributed by atoms with Crippen LogP contribution in [0.25, 0.3) is 0 Å². The highest BCUT2D eigenvalue weighted by Gasteiger charge is 2.04. The molecule has 0 unspecified atom stereocenters. The molecule has 0 amide bonds. The van der Waals surface area contributed by atoms with Crippen LogP contribution in [0.2, 0.25) is 0 Å². The van der Waals surface area contributed by atoms with Crippen molar-refractivity contribution < 1.29 is 12.6 Å². The molecule has 0 fully saturated rings. The lowest BCUT2D eigenvalue weighted by molar-refractivity contribution is 0.319. The summed E-state index contributed by atoms with van der Waals surface area (Å²) >= 11 is 0. The summed E-state index contributed by atoms with van der Waals surface area (Å²) in [5.74, 6) is 0.0625. The summed E-state index contributed by atoms with van der Waals surface area (Å²) in [6.45, 7) is 3.73. The van der Waals surface area contributed by atoms with Gasteiger partial charge in [0.15, 0.2) is 0 Å². The normalized spacial score (nSPS) is 11.8. The molecule has 0 N–H and O–H groups in total. The first-order valence-corrected chi connectivity index (χ1v) is 4.57. The molecule has 0 bridgehead atoms. The van der Waals surface area contributed by atoms with Gasteiger partial charge in [0.25, 0.3) is 10.1 Å². The van der Waals surface area contributed by atoms with E-state index in [1.807, 2.05) is 6.92 Å². The van der Waals surface area contributed by atoms with Crippen LogP contribution in [0.5, 0.6) is 0 Å². The monoisotopic (exact) mass is 152 g/mol. The van der Waals surface area contributed by atoms with Crippen molar-refractivity contribution >= 4 is 10.1 Å². The lowest BCUT2D eigenvalue weighted by Crippen LogP contribution is -2.08. The fraction of sp³-hybridized carbons (Fsp3) is 1.00. The Morgan fingerprint density at radius 1 is 1.33 bits per heavy atom. The Labute approximate surface area is 56.1 Å². The van der Waals surface area contributed by atoms with Gasteiger partial charge in [0.1, 0.15) is 0 Å². The Balaban J connectivity index is 3.61. The van der Waals surface area contributed by atoms with Crippen LogP contribution >= 0.6 is 0 Å². The van der Waals surface area contributed by atoms with Crippen LogP contribution in [0.3, 0.4) is 0 Å². The second-order valence-electron chi connectivity index (χ2n) is 1.67. The minimum Gasteiger partial charge on any atom is -0.270 e. The maximum Gasteiger partial charge on any atom is 0.267 e. The Bertz CT molecular complexity index is 148. The first-order valence-electron chi connectivity index (χ1n) is 2.99. The molecular weight excluding hydrogens is 140 g/mol. The fourth-order valence-electron chi connectivity index (χ4n) is 0.294. The summed E-state index contributed by atoms with van der Waals surface area (Å²) in [6, 6.07) is 0. The maximum absolute atomic E-state index is 10.5. The molecule has 0 aliphatic carbocycles. The van der Waals surface area contributed by atoms with Gasteiger partial charge >= 0.3 is 0 Å². The molecule has 0 aliphatic heterocycles. The van der Waals surface area contributed by atoms with Gasteiger partial charge in [-0.3, -0.25) is 4.18 Å². The first kappa shape index (κ1) is 8.91. The topological polar surface area (TPSA) is 43.4 Å². The molecular formula is C5H12O3S. The van der Waals surface area contributed by atoms with Crippen molar-refractivity contribution in [2.24, 2.45) is 0 Å². The molecule has 0 aromatic heterocycles. The van der Waals surface area contributed by atoms with E-state index in [1.54, 1.807) is 6.92 Å². The third kappa shape index (κ3) is 4.42. The summed E-state index contributed by atoms with van der Waals surface area (Å²) < 4.78 is 25.6. The molecule has 0 aromatic carbocycles. The van der Waals surface area contributed by atoms with E-state index < -0.39 is 10.1 Å². The Morgan fingerprint density at radius 3 is 2.22 bits per heavy atom. The van der Waals surface area contributed by atoms with Crippen LogP contribution in [0.15, 0.2) is 0 Å². The van der Waals surface area contributed by atoms with Gasteiger partial charge in [-0.15, -0.1) is 0 Å². The number of rotatable bonds is 4. The Hall–Kier alpha value is -0.0900. The van der Waals surface area contributed by atoms with Crippen molar-refractivity contribution in [1.29, 1.82) is 0 Å². The van der Waals surface area contributed by atoms with E-state index in [0.29, 0.717) is 6.61 Å². The van der Waals surface area contributed by atoms with E-state index in [1.165, 1.54) is 0 Å².